The lowest BCUT2D eigenvalue weighted by atomic mass is 10.1. The largest absolute Gasteiger partial charge is 0.352 e. The smallest absolute Gasteiger partial charge is 0.268 e. The second kappa shape index (κ2) is 8.99. The molecule has 3 heterocycles. The molecule has 1 aliphatic rings. The van der Waals surface area contributed by atoms with Gasteiger partial charge >= 0.3 is 0 Å². The van der Waals surface area contributed by atoms with Gasteiger partial charge in [0.15, 0.2) is 0 Å². The minimum Gasteiger partial charge on any atom is -0.352 e. The average molecular weight is 459 g/mol. The molecule has 0 spiro atoms. The van der Waals surface area contributed by atoms with Gasteiger partial charge in [-0.25, -0.2) is 0 Å². The molecule has 1 saturated heterocycles. The van der Waals surface area contributed by atoms with Crippen LogP contribution in [0, 0.1) is 12.8 Å². The molecule has 0 saturated carbocycles. The highest BCUT2D eigenvalue weighted by molar-refractivity contribution is 7.13. The zero-order chi connectivity index (χ0) is 22.8. The van der Waals surface area contributed by atoms with Crippen LogP contribution in [0.4, 0.5) is 5.69 Å². The Balaban J connectivity index is 1.26. The van der Waals surface area contributed by atoms with Crippen molar-refractivity contribution in [1.29, 1.82) is 0 Å². The first-order valence-electron chi connectivity index (χ1n) is 10.7. The first-order chi connectivity index (χ1) is 16.1. The number of amides is 2. The summed E-state index contributed by atoms with van der Waals surface area (Å²) in [5.74, 6) is 0.353. The number of carbonyl (C=O) groups excluding carboxylic acids is 2. The van der Waals surface area contributed by atoms with Crippen LogP contribution in [0.3, 0.4) is 0 Å². The standard InChI is InChI=1S/C25H22N4O3S/c1-16-7-9-17(10-8-16)14-26-24(31)19-13-22(30)29(15-19)20-5-2-4-18(12-20)23-27-25(32-28-23)21-6-3-11-33-21/h2-12,19H,13-15H2,1H3,(H,26,31). The van der Waals surface area contributed by atoms with Crippen LogP contribution in [0.5, 0.6) is 0 Å². The van der Waals surface area contributed by atoms with Crippen molar-refractivity contribution in [3.05, 3.63) is 77.2 Å². The van der Waals surface area contributed by atoms with Gasteiger partial charge in [-0.05, 0) is 36.1 Å². The topological polar surface area (TPSA) is 88.3 Å². The SMILES string of the molecule is Cc1ccc(CNC(=O)C2CC(=O)N(c3cccc(-c4noc(-c5cccs5)n4)c3)C2)cc1. The predicted molar refractivity (Wildman–Crippen MR) is 127 cm³/mol. The Labute approximate surface area is 195 Å². The minimum atomic E-state index is -0.387. The number of anilines is 1. The highest BCUT2D eigenvalue weighted by atomic mass is 32.1. The maximum atomic E-state index is 12.7. The first-order valence-corrected chi connectivity index (χ1v) is 11.6. The molecule has 8 heteroatoms. The van der Waals surface area contributed by atoms with Crippen molar-refractivity contribution >= 4 is 28.8 Å². The number of benzene rings is 2. The number of carbonyl (C=O) groups is 2. The summed E-state index contributed by atoms with van der Waals surface area (Å²) in [4.78, 5) is 32.4. The van der Waals surface area contributed by atoms with Crippen LogP contribution in [-0.4, -0.2) is 28.5 Å². The van der Waals surface area contributed by atoms with Crippen molar-refractivity contribution < 1.29 is 14.1 Å². The third-order valence-electron chi connectivity index (χ3n) is 5.66. The summed E-state index contributed by atoms with van der Waals surface area (Å²) in [5.41, 5.74) is 3.67. The van der Waals surface area contributed by atoms with E-state index < -0.39 is 0 Å². The number of thiophene rings is 1. The van der Waals surface area contributed by atoms with Gasteiger partial charge in [0.05, 0.1) is 10.8 Å². The fourth-order valence-corrected chi connectivity index (χ4v) is 4.47. The fraction of sp³-hybridized carbons (Fsp3) is 0.200. The second-order valence-corrected chi connectivity index (χ2v) is 9.01. The molecule has 2 aromatic heterocycles. The highest BCUT2D eigenvalue weighted by Gasteiger charge is 2.35. The molecule has 0 aliphatic carbocycles. The summed E-state index contributed by atoms with van der Waals surface area (Å²) in [6, 6.07) is 19.3. The molecule has 0 bridgehead atoms. The van der Waals surface area contributed by atoms with Gasteiger partial charge in [0.1, 0.15) is 0 Å². The monoisotopic (exact) mass is 458 g/mol. The Morgan fingerprint density at radius 2 is 2.03 bits per heavy atom. The average Bonchev–Trinajstić information content (AvgIpc) is 3.59. The number of hydrogen-bond donors (Lipinski definition) is 1. The van der Waals surface area contributed by atoms with Gasteiger partial charge in [0.2, 0.25) is 17.6 Å². The van der Waals surface area contributed by atoms with E-state index in [9.17, 15) is 9.59 Å². The van der Waals surface area contributed by atoms with E-state index in [1.54, 1.807) is 4.90 Å². The molecule has 166 valence electrons. The van der Waals surface area contributed by atoms with Gasteiger partial charge in [-0.15, -0.1) is 11.3 Å². The summed E-state index contributed by atoms with van der Waals surface area (Å²) in [6.07, 6.45) is 0.189. The molecule has 33 heavy (non-hydrogen) atoms. The van der Waals surface area contributed by atoms with E-state index in [1.807, 2.05) is 73.0 Å². The molecule has 5 rings (SSSR count). The van der Waals surface area contributed by atoms with E-state index in [0.717, 1.165) is 16.0 Å². The summed E-state index contributed by atoms with van der Waals surface area (Å²) < 4.78 is 5.38. The molecule has 1 atom stereocenters. The van der Waals surface area contributed by atoms with Gasteiger partial charge in [-0.1, -0.05) is 53.2 Å². The molecular formula is C25H22N4O3S. The molecule has 1 N–H and O–H groups in total. The first kappa shape index (κ1) is 21.1. The Hall–Kier alpha value is -3.78. The Kier molecular flexibility index (Phi) is 5.75. The van der Waals surface area contributed by atoms with Gasteiger partial charge in [-0.3, -0.25) is 9.59 Å². The van der Waals surface area contributed by atoms with Crippen LogP contribution in [0.25, 0.3) is 22.2 Å². The third-order valence-corrected chi connectivity index (χ3v) is 6.52. The number of hydrogen-bond acceptors (Lipinski definition) is 6. The normalized spacial score (nSPS) is 15.7. The maximum Gasteiger partial charge on any atom is 0.268 e. The second-order valence-electron chi connectivity index (χ2n) is 8.06. The van der Waals surface area contributed by atoms with Crippen molar-refractivity contribution in [2.24, 2.45) is 5.92 Å². The van der Waals surface area contributed by atoms with Crippen LogP contribution in [0.2, 0.25) is 0 Å². The van der Waals surface area contributed by atoms with Crippen molar-refractivity contribution in [2.45, 2.75) is 19.9 Å². The van der Waals surface area contributed by atoms with Crippen LogP contribution >= 0.6 is 11.3 Å². The summed E-state index contributed by atoms with van der Waals surface area (Å²) >= 11 is 1.53. The number of nitrogens with one attached hydrogen (secondary N) is 1. The molecule has 2 aromatic carbocycles. The van der Waals surface area contributed by atoms with E-state index in [4.69, 9.17) is 4.52 Å². The molecule has 2 amide bonds. The Bertz CT molecular complexity index is 1280. The lowest BCUT2D eigenvalue weighted by Gasteiger charge is -2.17. The van der Waals surface area contributed by atoms with Crippen molar-refractivity contribution in [2.75, 3.05) is 11.4 Å². The van der Waals surface area contributed by atoms with Gasteiger partial charge in [0.25, 0.3) is 5.89 Å². The Morgan fingerprint density at radius 3 is 2.82 bits per heavy atom. The lowest BCUT2D eigenvalue weighted by molar-refractivity contribution is -0.126. The highest BCUT2D eigenvalue weighted by Crippen LogP contribution is 2.30. The number of nitrogens with zero attached hydrogens (tertiary/aromatic N) is 3. The van der Waals surface area contributed by atoms with Crippen LogP contribution < -0.4 is 10.2 Å². The lowest BCUT2D eigenvalue weighted by Crippen LogP contribution is -2.32. The molecule has 1 unspecified atom stereocenters. The summed E-state index contributed by atoms with van der Waals surface area (Å²) in [7, 11) is 0. The molecule has 1 fully saturated rings. The molecule has 1 aliphatic heterocycles. The van der Waals surface area contributed by atoms with E-state index in [2.05, 4.69) is 15.5 Å². The Morgan fingerprint density at radius 1 is 1.18 bits per heavy atom. The van der Waals surface area contributed by atoms with E-state index in [0.29, 0.717) is 30.5 Å². The quantitative estimate of drug-likeness (QED) is 0.461. The van der Waals surface area contributed by atoms with E-state index in [-0.39, 0.29) is 24.2 Å². The van der Waals surface area contributed by atoms with Crippen LogP contribution in [0.1, 0.15) is 17.5 Å². The van der Waals surface area contributed by atoms with Crippen LogP contribution in [-0.2, 0) is 16.1 Å². The van der Waals surface area contributed by atoms with Crippen molar-refractivity contribution in [3.63, 3.8) is 0 Å². The van der Waals surface area contributed by atoms with Crippen molar-refractivity contribution in [3.8, 4) is 22.2 Å². The van der Waals surface area contributed by atoms with Crippen LogP contribution in [0.15, 0.2) is 70.6 Å². The fourth-order valence-electron chi connectivity index (χ4n) is 3.83. The molecular weight excluding hydrogens is 436 g/mol. The van der Waals surface area contributed by atoms with E-state index >= 15 is 0 Å². The predicted octanol–water partition coefficient (Wildman–Crippen LogP) is 4.44. The third kappa shape index (κ3) is 4.56. The summed E-state index contributed by atoms with van der Waals surface area (Å²) in [5, 5.41) is 8.99. The van der Waals surface area contributed by atoms with Gasteiger partial charge in [-0.2, -0.15) is 4.98 Å². The van der Waals surface area contributed by atoms with Gasteiger partial charge in [0, 0.05) is 30.8 Å². The molecule has 7 nitrogen and oxygen atoms in total. The number of rotatable bonds is 6. The van der Waals surface area contributed by atoms with Crippen molar-refractivity contribution in [1.82, 2.24) is 15.5 Å². The minimum absolute atomic E-state index is 0.0741. The maximum absolute atomic E-state index is 12.7. The van der Waals surface area contributed by atoms with Gasteiger partial charge < -0.3 is 14.7 Å². The zero-order valence-corrected chi connectivity index (χ0v) is 18.8. The number of aryl methyl sites for hydroxylation is 1. The molecule has 0 radical (unpaired) electrons. The molecule has 4 aromatic rings. The zero-order valence-electron chi connectivity index (χ0n) is 18.0. The number of aromatic nitrogens is 2. The van der Waals surface area contributed by atoms with E-state index in [1.165, 1.54) is 16.9 Å². The summed E-state index contributed by atoms with van der Waals surface area (Å²) in [6.45, 7) is 2.82.